The van der Waals surface area contributed by atoms with Crippen molar-refractivity contribution in [2.75, 3.05) is 34.4 Å². The first-order chi connectivity index (χ1) is 17.1. The number of rotatable bonds is 8. The zero-order valence-electron chi connectivity index (χ0n) is 20.3. The number of aryl methyl sites for hydroxylation is 1. The number of fused-ring (bicyclic) bond motifs is 1. The fourth-order valence-corrected chi connectivity index (χ4v) is 4.32. The average Bonchev–Trinajstić information content (AvgIpc) is 3.50. The monoisotopic (exact) mass is 467 g/mol. The number of H-pyrrole nitrogens is 1. The van der Waals surface area contributed by atoms with Crippen LogP contribution >= 0.6 is 0 Å². The van der Waals surface area contributed by atoms with E-state index >= 15 is 0 Å². The Kier molecular flexibility index (Phi) is 6.59. The van der Waals surface area contributed by atoms with Crippen molar-refractivity contribution >= 4 is 5.71 Å². The quantitative estimate of drug-likeness (QED) is 0.367. The van der Waals surface area contributed by atoms with Crippen LogP contribution in [0, 0.1) is 0 Å². The second kappa shape index (κ2) is 10.1. The minimum atomic E-state index is 0.651. The molecule has 0 saturated carbocycles. The third-order valence-corrected chi connectivity index (χ3v) is 6.13. The second-order valence-corrected chi connectivity index (χ2v) is 8.81. The van der Waals surface area contributed by atoms with Gasteiger partial charge in [-0.2, -0.15) is 0 Å². The van der Waals surface area contributed by atoms with Gasteiger partial charge in [0, 0.05) is 41.2 Å². The maximum Gasteiger partial charge on any atom is 0.138 e. The third-order valence-electron chi connectivity index (χ3n) is 6.13. The van der Waals surface area contributed by atoms with Crippen molar-refractivity contribution in [3.8, 4) is 39.7 Å². The number of imidazole rings is 1. The van der Waals surface area contributed by atoms with E-state index in [0.29, 0.717) is 6.61 Å². The molecular weight excluding hydrogens is 438 g/mol. The summed E-state index contributed by atoms with van der Waals surface area (Å²) in [4.78, 5) is 19.9. The molecule has 0 spiro atoms. The predicted molar refractivity (Wildman–Crippen MR) is 139 cm³/mol. The van der Waals surface area contributed by atoms with Crippen LogP contribution in [0.3, 0.4) is 0 Å². The zero-order chi connectivity index (χ0) is 24.2. The number of hydrogen-bond donors (Lipinski definition) is 1. The Morgan fingerprint density at radius 1 is 0.943 bits per heavy atom. The molecule has 0 fully saturated rings. The summed E-state index contributed by atoms with van der Waals surface area (Å²) in [6.07, 6.45) is 5.44. The molecular formula is C28H29N5O2. The Balaban J connectivity index is 1.49. The van der Waals surface area contributed by atoms with E-state index in [4.69, 9.17) is 14.6 Å². The van der Waals surface area contributed by atoms with Gasteiger partial charge in [0.25, 0.3) is 0 Å². The number of pyridine rings is 1. The fourth-order valence-electron chi connectivity index (χ4n) is 4.32. The molecule has 4 aromatic rings. The van der Waals surface area contributed by atoms with E-state index in [-0.39, 0.29) is 0 Å². The van der Waals surface area contributed by atoms with Gasteiger partial charge in [-0.1, -0.05) is 17.3 Å². The highest BCUT2D eigenvalue weighted by molar-refractivity contribution is 6.04. The summed E-state index contributed by atoms with van der Waals surface area (Å²) in [5, 5.41) is 4.19. The lowest BCUT2D eigenvalue weighted by Crippen LogP contribution is -2.19. The van der Waals surface area contributed by atoms with Gasteiger partial charge in [0.15, 0.2) is 0 Å². The number of nitrogens with zero attached hydrogens (tertiary/aromatic N) is 4. The molecule has 2 heterocycles. The number of likely N-dealkylation sites (N-methyl/N-ethyl adjacent to an activating group) is 1. The molecule has 1 aliphatic carbocycles. The van der Waals surface area contributed by atoms with Crippen molar-refractivity contribution in [3.63, 3.8) is 0 Å². The highest BCUT2D eigenvalue weighted by atomic mass is 16.6. The summed E-state index contributed by atoms with van der Waals surface area (Å²) in [6.45, 7) is 1.52. The smallest absolute Gasteiger partial charge is 0.138 e. The van der Waals surface area contributed by atoms with Gasteiger partial charge in [0.1, 0.15) is 25.3 Å². The van der Waals surface area contributed by atoms with Gasteiger partial charge in [-0.3, -0.25) is 4.98 Å². The first kappa shape index (κ1) is 22.8. The van der Waals surface area contributed by atoms with E-state index in [1.165, 1.54) is 5.56 Å². The number of ether oxygens (including phenoxy) is 1. The van der Waals surface area contributed by atoms with Crippen LogP contribution in [0.1, 0.15) is 17.5 Å². The molecule has 0 amide bonds. The molecule has 35 heavy (non-hydrogen) atoms. The SMILES string of the molecule is CON=C1CCc2cc(-c3nc(-c4ccc(OCCN(C)C)cc4)[nH]c3-c3ccncc3)ccc21. The molecule has 1 aliphatic rings. The molecule has 5 rings (SSSR count). The van der Waals surface area contributed by atoms with Gasteiger partial charge in [0.05, 0.1) is 17.1 Å². The molecule has 1 N–H and O–H groups in total. The normalized spacial score (nSPS) is 13.9. The second-order valence-electron chi connectivity index (χ2n) is 8.81. The van der Waals surface area contributed by atoms with Crippen LogP contribution in [-0.2, 0) is 11.3 Å². The van der Waals surface area contributed by atoms with Crippen molar-refractivity contribution in [1.29, 1.82) is 0 Å². The highest BCUT2D eigenvalue weighted by Gasteiger charge is 2.21. The first-order valence-corrected chi connectivity index (χ1v) is 11.7. The van der Waals surface area contributed by atoms with Crippen molar-refractivity contribution in [3.05, 3.63) is 78.1 Å². The lowest BCUT2D eigenvalue weighted by molar-refractivity contribution is 0.213. The maximum absolute atomic E-state index is 5.85. The summed E-state index contributed by atoms with van der Waals surface area (Å²) in [5.41, 5.74) is 8.42. The summed E-state index contributed by atoms with van der Waals surface area (Å²) >= 11 is 0. The lowest BCUT2D eigenvalue weighted by Gasteiger charge is -2.11. The van der Waals surface area contributed by atoms with Gasteiger partial charge in [-0.25, -0.2) is 4.98 Å². The summed E-state index contributed by atoms with van der Waals surface area (Å²) in [7, 11) is 5.66. The van der Waals surface area contributed by atoms with Crippen LogP contribution in [0.2, 0.25) is 0 Å². The number of benzene rings is 2. The molecule has 0 radical (unpaired) electrons. The van der Waals surface area contributed by atoms with Crippen LogP contribution in [0.25, 0.3) is 33.9 Å². The van der Waals surface area contributed by atoms with Gasteiger partial charge in [-0.15, -0.1) is 0 Å². The van der Waals surface area contributed by atoms with Gasteiger partial charge in [0.2, 0.25) is 0 Å². The van der Waals surface area contributed by atoms with Crippen molar-refractivity contribution < 1.29 is 9.57 Å². The van der Waals surface area contributed by atoms with E-state index < -0.39 is 0 Å². The molecule has 0 unspecified atom stereocenters. The first-order valence-electron chi connectivity index (χ1n) is 11.7. The number of oxime groups is 1. The largest absolute Gasteiger partial charge is 0.492 e. The third kappa shape index (κ3) is 4.95. The molecule has 2 aromatic heterocycles. The van der Waals surface area contributed by atoms with Gasteiger partial charge < -0.3 is 19.5 Å². The van der Waals surface area contributed by atoms with Crippen molar-refractivity contribution in [1.82, 2.24) is 19.9 Å². The molecule has 0 atom stereocenters. The van der Waals surface area contributed by atoms with Crippen LogP contribution in [0.4, 0.5) is 0 Å². The van der Waals surface area contributed by atoms with E-state index in [0.717, 1.165) is 70.3 Å². The molecule has 7 heteroatoms. The number of hydrogen-bond acceptors (Lipinski definition) is 6. The molecule has 0 saturated heterocycles. The lowest BCUT2D eigenvalue weighted by atomic mass is 10.0. The molecule has 0 aliphatic heterocycles. The van der Waals surface area contributed by atoms with Crippen LogP contribution in [0.5, 0.6) is 5.75 Å². The standard InChI is InChI=1S/C28H29N5O2/c1-33(2)16-17-35-23-8-4-20(5-9-23)28-30-26(19-12-14-29-15-13-19)27(31-28)22-6-10-24-21(18-22)7-11-25(24)32-34-3/h4-6,8-10,12-15,18H,7,11,16-17H2,1-3H3,(H,30,31). The van der Waals surface area contributed by atoms with Crippen LogP contribution in [0.15, 0.2) is 72.1 Å². The Morgan fingerprint density at radius 2 is 1.71 bits per heavy atom. The zero-order valence-corrected chi connectivity index (χ0v) is 20.3. The minimum absolute atomic E-state index is 0.651. The molecule has 178 valence electrons. The Hall–Kier alpha value is -3.97. The predicted octanol–water partition coefficient (Wildman–Crippen LogP) is 5.04. The van der Waals surface area contributed by atoms with Gasteiger partial charge in [-0.05, 0) is 75.0 Å². The number of nitrogens with one attached hydrogen (secondary N) is 1. The van der Waals surface area contributed by atoms with E-state index in [1.807, 2.05) is 50.5 Å². The Labute approximate surface area is 205 Å². The maximum atomic E-state index is 5.85. The fraction of sp³-hybridized carbons (Fsp3) is 0.250. The topological polar surface area (TPSA) is 75.6 Å². The molecule has 0 bridgehead atoms. The van der Waals surface area contributed by atoms with Crippen molar-refractivity contribution in [2.24, 2.45) is 5.16 Å². The van der Waals surface area contributed by atoms with E-state index in [9.17, 15) is 0 Å². The van der Waals surface area contributed by atoms with Gasteiger partial charge >= 0.3 is 0 Å². The number of aromatic nitrogens is 3. The van der Waals surface area contributed by atoms with E-state index in [2.05, 4.69) is 38.2 Å². The van der Waals surface area contributed by atoms with Crippen LogP contribution in [-0.4, -0.2) is 59.9 Å². The molecule has 2 aromatic carbocycles. The summed E-state index contributed by atoms with van der Waals surface area (Å²) in [5.74, 6) is 1.66. The number of aromatic amines is 1. The van der Waals surface area contributed by atoms with E-state index in [1.54, 1.807) is 19.5 Å². The minimum Gasteiger partial charge on any atom is -0.492 e. The Bertz CT molecular complexity index is 1330. The molecule has 7 nitrogen and oxygen atoms in total. The Morgan fingerprint density at radius 3 is 2.46 bits per heavy atom. The van der Waals surface area contributed by atoms with Crippen LogP contribution < -0.4 is 4.74 Å². The summed E-state index contributed by atoms with van der Waals surface area (Å²) < 4.78 is 5.85. The highest BCUT2D eigenvalue weighted by Crippen LogP contribution is 2.35. The summed E-state index contributed by atoms with van der Waals surface area (Å²) in [6, 6.07) is 18.5. The van der Waals surface area contributed by atoms with Crippen molar-refractivity contribution in [2.45, 2.75) is 12.8 Å². The average molecular weight is 468 g/mol.